The van der Waals surface area contributed by atoms with Gasteiger partial charge in [-0.1, -0.05) is 6.08 Å². The van der Waals surface area contributed by atoms with E-state index < -0.39 is 5.60 Å². The zero-order valence-electron chi connectivity index (χ0n) is 21.5. The Kier molecular flexibility index (Phi) is 7.28. The molecule has 0 radical (unpaired) electrons. The number of hydrogen-bond acceptors (Lipinski definition) is 7. The third-order valence-electron chi connectivity index (χ3n) is 5.95. The van der Waals surface area contributed by atoms with Crippen molar-refractivity contribution in [1.29, 1.82) is 0 Å². The number of aryl methyl sites for hydroxylation is 1. The number of nitrogens with zero attached hydrogens (tertiary/aromatic N) is 6. The van der Waals surface area contributed by atoms with Gasteiger partial charge in [0.05, 0.1) is 24.0 Å². The van der Waals surface area contributed by atoms with E-state index in [9.17, 15) is 9.59 Å². The van der Waals surface area contributed by atoms with Crippen LogP contribution in [0.3, 0.4) is 0 Å². The zero-order chi connectivity index (χ0) is 25.9. The van der Waals surface area contributed by atoms with Gasteiger partial charge in [0.15, 0.2) is 5.78 Å². The van der Waals surface area contributed by atoms with Gasteiger partial charge in [-0.05, 0) is 58.7 Å². The van der Waals surface area contributed by atoms with Crippen LogP contribution in [0.2, 0.25) is 0 Å². The molecule has 0 saturated heterocycles. The molecule has 9 heteroatoms. The predicted octanol–water partition coefficient (Wildman–Crippen LogP) is 4.19. The standard InChI is InChI=1S/C27H32N6O3/c1-18-25(20-8-12-32(13-9-20)26(35)36-27(3,4)5)19(2)33(31-18)17-23(34)14-22-7-6-21(15-30-22)24-16-28-10-11-29-24/h6-8,10-11,15-16H,9,12-14,17H2,1-5H3. The molecular formula is C27H32N6O3. The van der Waals surface area contributed by atoms with Gasteiger partial charge < -0.3 is 9.64 Å². The number of carbonyl (C=O) groups is 2. The maximum Gasteiger partial charge on any atom is 0.410 e. The number of Topliss-reactive ketones (excluding diaryl/α,β-unsaturated/α-hetero) is 1. The number of hydrogen-bond donors (Lipinski definition) is 0. The summed E-state index contributed by atoms with van der Waals surface area (Å²) in [5, 5.41) is 4.64. The third kappa shape index (κ3) is 6.02. The van der Waals surface area contributed by atoms with Crippen LogP contribution < -0.4 is 0 Å². The fourth-order valence-electron chi connectivity index (χ4n) is 4.26. The van der Waals surface area contributed by atoms with Gasteiger partial charge in [0.25, 0.3) is 0 Å². The highest BCUT2D eigenvalue weighted by atomic mass is 16.6. The molecule has 3 aromatic heterocycles. The van der Waals surface area contributed by atoms with E-state index in [4.69, 9.17) is 4.74 Å². The first kappa shape index (κ1) is 25.2. The van der Waals surface area contributed by atoms with Crippen LogP contribution in [0.1, 0.15) is 49.8 Å². The molecule has 0 aliphatic carbocycles. The molecule has 0 fully saturated rings. The molecule has 0 saturated carbocycles. The van der Waals surface area contributed by atoms with Crippen molar-refractivity contribution in [3.63, 3.8) is 0 Å². The highest BCUT2D eigenvalue weighted by Gasteiger charge is 2.26. The molecule has 0 atom stereocenters. The first-order valence-corrected chi connectivity index (χ1v) is 12.0. The molecule has 188 valence electrons. The zero-order valence-corrected chi connectivity index (χ0v) is 21.5. The van der Waals surface area contributed by atoms with Gasteiger partial charge in [0, 0.05) is 54.2 Å². The van der Waals surface area contributed by atoms with E-state index in [2.05, 4.69) is 26.1 Å². The predicted molar refractivity (Wildman–Crippen MR) is 136 cm³/mol. The smallest absolute Gasteiger partial charge is 0.410 e. The number of rotatable bonds is 6. The van der Waals surface area contributed by atoms with Gasteiger partial charge in [-0.3, -0.25) is 24.4 Å². The summed E-state index contributed by atoms with van der Waals surface area (Å²) in [6.07, 6.45) is 9.34. The van der Waals surface area contributed by atoms with Crippen LogP contribution in [0.15, 0.2) is 43.0 Å². The minimum absolute atomic E-state index is 0.0284. The van der Waals surface area contributed by atoms with Gasteiger partial charge >= 0.3 is 6.09 Å². The molecule has 1 aliphatic heterocycles. The minimum Gasteiger partial charge on any atom is -0.444 e. The number of carbonyl (C=O) groups excluding carboxylic acids is 2. The van der Waals surface area contributed by atoms with Crippen LogP contribution in [0.4, 0.5) is 4.79 Å². The Labute approximate surface area is 211 Å². The number of pyridine rings is 1. The van der Waals surface area contributed by atoms with Crippen LogP contribution in [-0.2, 0) is 22.5 Å². The molecule has 1 amide bonds. The summed E-state index contributed by atoms with van der Waals surface area (Å²) < 4.78 is 7.25. The Balaban J connectivity index is 1.39. The maximum atomic E-state index is 12.8. The molecule has 36 heavy (non-hydrogen) atoms. The average molecular weight is 489 g/mol. The van der Waals surface area contributed by atoms with Crippen LogP contribution in [-0.4, -0.2) is 60.2 Å². The van der Waals surface area contributed by atoms with Crippen molar-refractivity contribution in [3.05, 3.63) is 65.6 Å². The summed E-state index contributed by atoms with van der Waals surface area (Å²) in [6, 6.07) is 3.74. The minimum atomic E-state index is -0.518. The van der Waals surface area contributed by atoms with Crippen molar-refractivity contribution in [2.75, 3.05) is 13.1 Å². The Hall–Kier alpha value is -3.88. The Morgan fingerprint density at radius 3 is 2.50 bits per heavy atom. The summed E-state index contributed by atoms with van der Waals surface area (Å²) >= 11 is 0. The van der Waals surface area contributed by atoms with Gasteiger partial charge in [-0.2, -0.15) is 5.10 Å². The number of amides is 1. The molecule has 0 spiro atoms. The second-order valence-corrected chi connectivity index (χ2v) is 9.95. The lowest BCUT2D eigenvalue weighted by Crippen LogP contribution is -2.39. The fourth-order valence-corrected chi connectivity index (χ4v) is 4.26. The highest BCUT2D eigenvalue weighted by molar-refractivity contribution is 5.81. The molecule has 0 unspecified atom stereocenters. The fraction of sp³-hybridized carbons (Fsp3) is 0.407. The number of aromatic nitrogens is 5. The average Bonchev–Trinajstić information content (AvgIpc) is 3.11. The largest absolute Gasteiger partial charge is 0.444 e. The van der Waals surface area contributed by atoms with E-state index in [1.165, 1.54) is 0 Å². The molecule has 0 aromatic carbocycles. The summed E-state index contributed by atoms with van der Waals surface area (Å²) in [7, 11) is 0. The van der Waals surface area contributed by atoms with E-state index in [1.54, 1.807) is 34.4 Å². The Bertz CT molecular complexity index is 1270. The molecule has 4 rings (SSSR count). The van der Waals surface area contributed by atoms with Crippen LogP contribution in [0, 0.1) is 13.8 Å². The van der Waals surface area contributed by atoms with Crippen LogP contribution in [0.5, 0.6) is 0 Å². The quantitative estimate of drug-likeness (QED) is 0.513. The summed E-state index contributed by atoms with van der Waals surface area (Å²) in [6.45, 7) is 10.8. The summed E-state index contributed by atoms with van der Waals surface area (Å²) in [5.41, 5.74) is 5.80. The van der Waals surface area contributed by atoms with Gasteiger partial charge in [-0.25, -0.2) is 4.79 Å². The summed E-state index contributed by atoms with van der Waals surface area (Å²) in [5.74, 6) is 0.0284. The van der Waals surface area contributed by atoms with Gasteiger partial charge in [-0.15, -0.1) is 0 Å². The van der Waals surface area contributed by atoms with Crippen LogP contribution in [0.25, 0.3) is 16.8 Å². The molecule has 1 aliphatic rings. The van der Waals surface area contributed by atoms with Gasteiger partial charge in [0.2, 0.25) is 0 Å². The normalized spacial score (nSPS) is 13.9. The van der Waals surface area contributed by atoms with Crippen molar-refractivity contribution < 1.29 is 14.3 Å². The van der Waals surface area contributed by atoms with E-state index in [1.807, 2.05) is 46.8 Å². The van der Waals surface area contributed by atoms with Crippen LogP contribution >= 0.6 is 0 Å². The van der Waals surface area contributed by atoms with Crippen molar-refractivity contribution in [2.24, 2.45) is 0 Å². The van der Waals surface area contributed by atoms with Gasteiger partial charge in [0.1, 0.15) is 12.1 Å². The highest BCUT2D eigenvalue weighted by Crippen LogP contribution is 2.28. The Morgan fingerprint density at radius 2 is 1.89 bits per heavy atom. The maximum absolute atomic E-state index is 12.8. The lowest BCUT2D eigenvalue weighted by Gasteiger charge is -2.29. The second-order valence-electron chi connectivity index (χ2n) is 9.95. The van der Waals surface area contributed by atoms with E-state index in [0.29, 0.717) is 25.2 Å². The molecule has 4 heterocycles. The van der Waals surface area contributed by atoms with E-state index in [-0.39, 0.29) is 24.8 Å². The van der Waals surface area contributed by atoms with Crippen molar-refractivity contribution >= 4 is 17.4 Å². The lowest BCUT2D eigenvalue weighted by molar-refractivity contribution is -0.119. The van der Waals surface area contributed by atoms with Crippen molar-refractivity contribution in [3.8, 4) is 11.3 Å². The van der Waals surface area contributed by atoms with Crippen molar-refractivity contribution in [1.82, 2.24) is 29.6 Å². The topological polar surface area (TPSA) is 103 Å². The van der Waals surface area contributed by atoms with Crippen molar-refractivity contribution in [2.45, 2.75) is 59.6 Å². The molecule has 3 aromatic rings. The first-order valence-electron chi connectivity index (χ1n) is 12.0. The molecule has 9 nitrogen and oxygen atoms in total. The lowest BCUT2D eigenvalue weighted by atomic mass is 9.98. The first-order chi connectivity index (χ1) is 17.1. The second kappa shape index (κ2) is 10.4. The molecule has 0 bridgehead atoms. The number of ketones is 1. The van der Waals surface area contributed by atoms with E-state index in [0.717, 1.165) is 33.8 Å². The Morgan fingerprint density at radius 1 is 1.08 bits per heavy atom. The third-order valence-corrected chi connectivity index (χ3v) is 5.95. The molecular weight excluding hydrogens is 456 g/mol. The number of ether oxygens (including phenoxy) is 1. The monoisotopic (exact) mass is 488 g/mol. The molecule has 0 N–H and O–H groups in total. The SMILES string of the molecule is Cc1nn(CC(=O)Cc2ccc(-c3cnccn3)cn2)c(C)c1C1=CCN(C(=O)OC(C)(C)C)CC1. The summed E-state index contributed by atoms with van der Waals surface area (Å²) in [4.78, 5) is 39.7. The van der Waals surface area contributed by atoms with E-state index >= 15 is 0 Å².